The molecule has 0 spiro atoms. The summed E-state index contributed by atoms with van der Waals surface area (Å²) in [6.45, 7) is 4.00. The van der Waals surface area contributed by atoms with Gasteiger partial charge in [0.1, 0.15) is 6.10 Å². The predicted molar refractivity (Wildman–Crippen MR) is 117 cm³/mol. The number of carbonyl (C=O) groups excluding carboxylic acids is 2. The zero-order valence-electron chi connectivity index (χ0n) is 17.3. The summed E-state index contributed by atoms with van der Waals surface area (Å²) in [5, 5.41) is 12.8. The number of aryl methyl sites for hydroxylation is 1. The van der Waals surface area contributed by atoms with E-state index in [1.807, 2.05) is 26.0 Å². The summed E-state index contributed by atoms with van der Waals surface area (Å²) in [6, 6.07) is 12.2. The number of hydrogen-bond donors (Lipinski definition) is 3. The molecule has 7 nitrogen and oxygen atoms in total. The van der Waals surface area contributed by atoms with Crippen LogP contribution in [-0.4, -0.2) is 36.6 Å². The first-order chi connectivity index (χ1) is 14.3. The van der Waals surface area contributed by atoms with Crippen molar-refractivity contribution in [2.45, 2.75) is 26.4 Å². The molecule has 0 bridgehead atoms. The number of anilines is 1. The molecule has 2 atom stereocenters. The van der Waals surface area contributed by atoms with Crippen molar-refractivity contribution in [3.05, 3.63) is 53.6 Å². The van der Waals surface area contributed by atoms with E-state index in [0.717, 1.165) is 5.56 Å². The van der Waals surface area contributed by atoms with Gasteiger partial charge in [0.2, 0.25) is 0 Å². The average molecular weight is 434 g/mol. The van der Waals surface area contributed by atoms with Gasteiger partial charge in [0.25, 0.3) is 0 Å². The van der Waals surface area contributed by atoms with Gasteiger partial charge in [-0.2, -0.15) is 12.6 Å². The Hall–Kier alpha value is -2.87. The molecule has 2 rings (SSSR count). The van der Waals surface area contributed by atoms with E-state index in [2.05, 4.69) is 17.9 Å². The van der Waals surface area contributed by atoms with Gasteiger partial charge >= 0.3 is 12.1 Å². The van der Waals surface area contributed by atoms with E-state index in [9.17, 15) is 14.7 Å². The standard InChI is InChI=1S/C22H27NO6S/c1-14-4-7-17(8-5-14)23-22(26)29-21(15(2)10-11-28-20(25)13-30)16-6-9-19(27-3)18(24)12-16/h4-9,12,15,21,24,30H,10-11,13H2,1-3H3,(H,23,26)/t15-,21-/m1/s1. The molecule has 2 aromatic carbocycles. The van der Waals surface area contributed by atoms with Crippen molar-refractivity contribution in [3.63, 3.8) is 0 Å². The minimum Gasteiger partial charge on any atom is -0.504 e. The van der Waals surface area contributed by atoms with Gasteiger partial charge in [0, 0.05) is 11.6 Å². The van der Waals surface area contributed by atoms with Crippen molar-refractivity contribution in [2.75, 3.05) is 24.8 Å². The number of rotatable bonds is 9. The second-order valence-electron chi connectivity index (χ2n) is 6.89. The molecule has 8 heteroatoms. The van der Waals surface area contributed by atoms with Gasteiger partial charge in [0.15, 0.2) is 11.5 Å². The lowest BCUT2D eigenvalue weighted by atomic mass is 9.94. The van der Waals surface area contributed by atoms with E-state index in [0.29, 0.717) is 23.4 Å². The van der Waals surface area contributed by atoms with Gasteiger partial charge in [-0.25, -0.2) is 4.79 Å². The van der Waals surface area contributed by atoms with Crippen molar-refractivity contribution in [2.24, 2.45) is 5.92 Å². The Morgan fingerprint density at radius 3 is 2.47 bits per heavy atom. The van der Waals surface area contributed by atoms with E-state index in [-0.39, 0.29) is 24.0 Å². The molecule has 0 unspecified atom stereocenters. The highest BCUT2D eigenvalue weighted by molar-refractivity contribution is 7.81. The van der Waals surface area contributed by atoms with Crippen LogP contribution in [-0.2, 0) is 14.3 Å². The summed E-state index contributed by atoms with van der Waals surface area (Å²) < 4.78 is 15.8. The molecular formula is C22H27NO6S. The van der Waals surface area contributed by atoms with Gasteiger partial charge < -0.3 is 19.3 Å². The summed E-state index contributed by atoms with van der Waals surface area (Å²) >= 11 is 3.88. The van der Waals surface area contributed by atoms with Gasteiger partial charge in [-0.05, 0) is 43.2 Å². The van der Waals surface area contributed by atoms with E-state index < -0.39 is 18.2 Å². The summed E-state index contributed by atoms with van der Waals surface area (Å²) in [7, 11) is 1.45. The number of esters is 1. The summed E-state index contributed by atoms with van der Waals surface area (Å²) in [4.78, 5) is 23.8. The minimum atomic E-state index is -0.679. The number of phenols is 1. The summed E-state index contributed by atoms with van der Waals surface area (Å²) in [5.74, 6) is -0.357. The largest absolute Gasteiger partial charge is 0.504 e. The maximum absolute atomic E-state index is 12.5. The average Bonchev–Trinajstić information content (AvgIpc) is 2.73. The van der Waals surface area contributed by atoms with E-state index in [4.69, 9.17) is 14.2 Å². The van der Waals surface area contributed by atoms with Crippen LogP contribution in [0.5, 0.6) is 11.5 Å². The molecule has 162 valence electrons. The van der Waals surface area contributed by atoms with Crippen LogP contribution in [0.4, 0.5) is 10.5 Å². The highest BCUT2D eigenvalue weighted by atomic mass is 32.1. The van der Waals surface area contributed by atoms with Crippen LogP contribution in [0.15, 0.2) is 42.5 Å². The van der Waals surface area contributed by atoms with Crippen molar-refractivity contribution in [3.8, 4) is 11.5 Å². The lowest BCUT2D eigenvalue weighted by Gasteiger charge is -2.25. The topological polar surface area (TPSA) is 94.1 Å². The number of methoxy groups -OCH3 is 1. The van der Waals surface area contributed by atoms with Crippen molar-refractivity contribution in [1.29, 1.82) is 0 Å². The lowest BCUT2D eigenvalue weighted by molar-refractivity contribution is -0.141. The maximum atomic E-state index is 12.5. The van der Waals surface area contributed by atoms with E-state index in [1.54, 1.807) is 24.3 Å². The lowest BCUT2D eigenvalue weighted by Crippen LogP contribution is -2.23. The van der Waals surface area contributed by atoms with Crippen LogP contribution in [0, 0.1) is 12.8 Å². The molecule has 0 heterocycles. The van der Waals surface area contributed by atoms with Crippen LogP contribution >= 0.6 is 12.6 Å². The molecule has 0 aliphatic carbocycles. The molecular weight excluding hydrogens is 406 g/mol. The first kappa shape index (κ1) is 23.4. The van der Waals surface area contributed by atoms with Crippen molar-refractivity contribution < 1.29 is 28.9 Å². The van der Waals surface area contributed by atoms with Crippen LogP contribution < -0.4 is 10.1 Å². The Morgan fingerprint density at radius 1 is 1.17 bits per heavy atom. The van der Waals surface area contributed by atoms with Crippen LogP contribution in [0.2, 0.25) is 0 Å². The molecule has 0 aliphatic rings. The van der Waals surface area contributed by atoms with E-state index in [1.165, 1.54) is 13.2 Å². The van der Waals surface area contributed by atoms with Crippen LogP contribution in [0.3, 0.4) is 0 Å². The minimum absolute atomic E-state index is 0.000379. The van der Waals surface area contributed by atoms with Crippen molar-refractivity contribution >= 4 is 30.4 Å². The summed E-state index contributed by atoms with van der Waals surface area (Å²) in [5.41, 5.74) is 2.28. The third kappa shape index (κ3) is 6.88. The highest BCUT2D eigenvalue weighted by Gasteiger charge is 2.25. The first-order valence-electron chi connectivity index (χ1n) is 9.51. The molecule has 30 heavy (non-hydrogen) atoms. The maximum Gasteiger partial charge on any atom is 0.412 e. The number of phenolic OH excluding ortho intramolecular Hbond substituents is 1. The molecule has 0 aliphatic heterocycles. The molecule has 2 N–H and O–H groups in total. The second-order valence-corrected chi connectivity index (χ2v) is 7.21. The van der Waals surface area contributed by atoms with E-state index >= 15 is 0 Å². The number of thiol groups is 1. The Morgan fingerprint density at radius 2 is 1.87 bits per heavy atom. The molecule has 0 radical (unpaired) electrons. The molecule has 0 saturated heterocycles. The number of hydrogen-bond acceptors (Lipinski definition) is 7. The predicted octanol–water partition coefficient (Wildman–Crippen LogP) is 4.50. The fourth-order valence-corrected chi connectivity index (χ4v) is 2.94. The third-order valence-electron chi connectivity index (χ3n) is 4.55. The highest BCUT2D eigenvalue weighted by Crippen LogP contribution is 2.34. The number of ether oxygens (including phenoxy) is 3. The number of amides is 1. The second kappa shape index (κ2) is 11.3. The smallest absolute Gasteiger partial charge is 0.412 e. The van der Waals surface area contributed by atoms with Gasteiger partial charge in [-0.1, -0.05) is 30.7 Å². The van der Waals surface area contributed by atoms with Crippen LogP contribution in [0.25, 0.3) is 0 Å². The molecule has 0 fully saturated rings. The first-order valence-corrected chi connectivity index (χ1v) is 10.1. The molecule has 0 aromatic heterocycles. The Bertz CT molecular complexity index is 855. The normalized spacial score (nSPS) is 12.5. The van der Waals surface area contributed by atoms with Crippen molar-refractivity contribution in [1.82, 2.24) is 0 Å². The van der Waals surface area contributed by atoms with Crippen LogP contribution in [0.1, 0.15) is 30.6 Å². The summed E-state index contributed by atoms with van der Waals surface area (Å²) in [6.07, 6.45) is -0.852. The molecule has 0 saturated carbocycles. The SMILES string of the molecule is COc1ccc([C@H](OC(=O)Nc2ccc(C)cc2)[C@H](C)CCOC(=O)CS)cc1O. The quantitative estimate of drug-likeness (QED) is 0.398. The Balaban J connectivity index is 2.14. The van der Waals surface area contributed by atoms with Gasteiger partial charge in [-0.15, -0.1) is 0 Å². The fraction of sp³-hybridized carbons (Fsp3) is 0.364. The zero-order chi connectivity index (χ0) is 22.1. The Kier molecular flexibility index (Phi) is 8.86. The molecule has 1 amide bonds. The number of benzene rings is 2. The number of carbonyl (C=O) groups is 2. The third-order valence-corrected chi connectivity index (χ3v) is 4.80. The number of aromatic hydroxyl groups is 1. The van der Waals surface area contributed by atoms with Gasteiger partial charge in [-0.3, -0.25) is 10.1 Å². The Labute approximate surface area is 181 Å². The number of nitrogens with one attached hydrogen (secondary N) is 1. The fourth-order valence-electron chi connectivity index (χ4n) is 2.85. The zero-order valence-corrected chi connectivity index (χ0v) is 18.1. The van der Waals surface area contributed by atoms with Gasteiger partial charge in [0.05, 0.1) is 19.5 Å². The molecule has 2 aromatic rings. The monoisotopic (exact) mass is 433 g/mol.